The average Bonchev–Trinajstić information content (AvgIpc) is 2.93. The Morgan fingerprint density at radius 2 is 1.50 bits per heavy atom. The number of nitrogens with one attached hydrogen (secondary N) is 1. The maximum atomic E-state index is 13.3. The van der Waals surface area contributed by atoms with Crippen LogP contribution in [0.5, 0.6) is 0 Å². The number of carbonyl (C=O) groups excluding carboxylic acids is 3. The van der Waals surface area contributed by atoms with Crippen molar-refractivity contribution in [2.75, 3.05) is 31.1 Å². The Labute approximate surface area is 238 Å². The minimum atomic E-state index is -0.263. The van der Waals surface area contributed by atoms with Gasteiger partial charge in [0, 0.05) is 54.0 Å². The molecule has 0 saturated carbocycles. The third kappa shape index (κ3) is 5.32. The fourth-order valence-corrected chi connectivity index (χ4v) is 5.52. The van der Waals surface area contributed by atoms with Crippen molar-refractivity contribution in [3.8, 4) is 0 Å². The second-order valence-corrected chi connectivity index (χ2v) is 10.1. The Bertz CT molecular complexity index is 1390. The van der Waals surface area contributed by atoms with Gasteiger partial charge in [0.15, 0.2) is 11.6 Å². The quantitative estimate of drug-likeness (QED) is 0.313. The van der Waals surface area contributed by atoms with Gasteiger partial charge in [-0.25, -0.2) is 0 Å². The molecule has 0 spiro atoms. The molecule has 1 aliphatic heterocycles. The van der Waals surface area contributed by atoms with Gasteiger partial charge in [0.2, 0.25) is 0 Å². The van der Waals surface area contributed by atoms with Gasteiger partial charge in [0.1, 0.15) is 0 Å². The molecule has 1 N–H and O–H groups in total. The van der Waals surface area contributed by atoms with Crippen LogP contribution in [-0.2, 0) is 0 Å². The highest BCUT2D eigenvalue weighted by atomic mass is 35.5. The van der Waals surface area contributed by atoms with Crippen LogP contribution < -0.4 is 10.2 Å². The number of benzene rings is 3. The summed E-state index contributed by atoms with van der Waals surface area (Å²) < 4.78 is 0. The number of carbonyl (C=O) groups is 3. The Hall–Kier alpha value is -2.90. The Morgan fingerprint density at radius 3 is 2.16 bits per heavy atom. The molecule has 1 unspecified atom stereocenters. The lowest BCUT2D eigenvalue weighted by atomic mass is 9.83. The van der Waals surface area contributed by atoms with Crippen LogP contribution in [0, 0.1) is 0 Å². The van der Waals surface area contributed by atoms with Gasteiger partial charge in [0.05, 0.1) is 21.9 Å². The van der Waals surface area contributed by atoms with Crippen LogP contribution in [0.25, 0.3) is 0 Å². The highest BCUT2D eigenvalue weighted by Gasteiger charge is 2.31. The van der Waals surface area contributed by atoms with E-state index >= 15 is 0 Å². The molecule has 1 atom stereocenters. The maximum Gasteiger partial charge on any atom is 0.252 e. The van der Waals surface area contributed by atoms with Gasteiger partial charge >= 0.3 is 0 Å². The molecule has 0 bridgehead atoms. The van der Waals surface area contributed by atoms with E-state index in [2.05, 4.69) is 22.0 Å². The third-order valence-electron chi connectivity index (χ3n) is 7.07. The van der Waals surface area contributed by atoms with E-state index in [-0.39, 0.29) is 41.6 Å². The second kappa shape index (κ2) is 11.9. The van der Waals surface area contributed by atoms with Gasteiger partial charge in [-0.05, 0) is 36.8 Å². The number of fused-ring (bicyclic) bond motifs is 2. The molecule has 3 aromatic carbocycles. The molecule has 1 saturated heterocycles. The van der Waals surface area contributed by atoms with E-state index in [4.69, 9.17) is 23.2 Å². The molecule has 198 valence electrons. The number of hydrogen-bond donors (Lipinski definition) is 1. The Balaban J connectivity index is 0.00000336. The SMILES string of the molecule is CCCC(NC(=O)c1ccc2c(c1)C(=O)c1ccccc1C2=O)N1CCN(c2cccc(Cl)c2Cl)CC1.Cl. The van der Waals surface area contributed by atoms with Crippen molar-refractivity contribution in [2.24, 2.45) is 0 Å². The molecule has 0 aromatic heterocycles. The van der Waals surface area contributed by atoms with E-state index in [0.29, 0.717) is 32.3 Å². The molecular formula is C29H28Cl3N3O3. The Kier molecular flexibility index (Phi) is 8.78. The van der Waals surface area contributed by atoms with Gasteiger partial charge in [-0.2, -0.15) is 0 Å². The number of anilines is 1. The topological polar surface area (TPSA) is 69.7 Å². The van der Waals surface area contributed by atoms with Gasteiger partial charge < -0.3 is 10.2 Å². The third-order valence-corrected chi connectivity index (χ3v) is 7.88. The number of piperazine rings is 1. The fourth-order valence-electron chi connectivity index (χ4n) is 5.11. The number of halogens is 3. The molecule has 0 radical (unpaired) electrons. The number of amides is 1. The Morgan fingerprint density at radius 1 is 0.868 bits per heavy atom. The normalized spacial score (nSPS) is 15.8. The van der Waals surface area contributed by atoms with Crippen LogP contribution >= 0.6 is 35.6 Å². The van der Waals surface area contributed by atoms with E-state index in [0.717, 1.165) is 44.7 Å². The summed E-state index contributed by atoms with van der Waals surface area (Å²) in [5.41, 5.74) is 2.67. The molecule has 1 aliphatic carbocycles. The highest BCUT2D eigenvalue weighted by Crippen LogP contribution is 2.33. The summed E-state index contributed by atoms with van der Waals surface area (Å²) in [6.07, 6.45) is 1.54. The first-order valence-corrected chi connectivity index (χ1v) is 13.2. The number of rotatable bonds is 6. The predicted molar refractivity (Wildman–Crippen MR) is 153 cm³/mol. The zero-order valence-corrected chi connectivity index (χ0v) is 23.2. The summed E-state index contributed by atoms with van der Waals surface area (Å²) in [6, 6.07) is 17.2. The highest BCUT2D eigenvalue weighted by molar-refractivity contribution is 6.43. The van der Waals surface area contributed by atoms with Crippen LogP contribution in [0.2, 0.25) is 10.0 Å². The van der Waals surface area contributed by atoms with Gasteiger partial charge in [-0.3, -0.25) is 19.3 Å². The van der Waals surface area contributed by atoms with Crippen molar-refractivity contribution >= 4 is 58.8 Å². The number of ketones is 2. The van der Waals surface area contributed by atoms with Gasteiger partial charge in [0.25, 0.3) is 5.91 Å². The summed E-state index contributed by atoms with van der Waals surface area (Å²) in [7, 11) is 0. The minimum absolute atomic E-state index is 0. The zero-order chi connectivity index (χ0) is 26.1. The first-order valence-electron chi connectivity index (χ1n) is 12.5. The van der Waals surface area contributed by atoms with Crippen LogP contribution in [0.4, 0.5) is 5.69 Å². The lowest BCUT2D eigenvalue weighted by Gasteiger charge is -2.40. The van der Waals surface area contributed by atoms with Crippen molar-refractivity contribution in [3.05, 3.63) is 98.5 Å². The van der Waals surface area contributed by atoms with Gasteiger partial charge in [-0.15, -0.1) is 12.4 Å². The summed E-state index contributed by atoms with van der Waals surface area (Å²) in [4.78, 5) is 43.7. The molecule has 3 aromatic rings. The van der Waals surface area contributed by atoms with Crippen molar-refractivity contribution in [2.45, 2.75) is 25.9 Å². The van der Waals surface area contributed by atoms with E-state index in [1.54, 1.807) is 48.5 Å². The number of hydrogen-bond acceptors (Lipinski definition) is 5. The molecule has 2 aliphatic rings. The summed E-state index contributed by atoms with van der Waals surface area (Å²) in [6.45, 7) is 5.10. The van der Waals surface area contributed by atoms with Crippen LogP contribution in [0.3, 0.4) is 0 Å². The smallest absolute Gasteiger partial charge is 0.252 e. The van der Waals surface area contributed by atoms with E-state index in [9.17, 15) is 14.4 Å². The van der Waals surface area contributed by atoms with Crippen LogP contribution in [-0.4, -0.2) is 54.7 Å². The van der Waals surface area contributed by atoms with E-state index in [1.807, 2.05) is 12.1 Å². The van der Waals surface area contributed by atoms with E-state index < -0.39 is 0 Å². The maximum absolute atomic E-state index is 13.3. The van der Waals surface area contributed by atoms with Crippen LogP contribution in [0.1, 0.15) is 62.0 Å². The number of nitrogens with zero attached hydrogens (tertiary/aromatic N) is 2. The second-order valence-electron chi connectivity index (χ2n) is 9.34. The molecule has 9 heteroatoms. The first kappa shape index (κ1) is 28.1. The summed E-state index contributed by atoms with van der Waals surface area (Å²) >= 11 is 12.6. The van der Waals surface area contributed by atoms with Crippen molar-refractivity contribution in [1.82, 2.24) is 10.2 Å². The predicted octanol–water partition coefficient (Wildman–Crippen LogP) is 5.87. The lowest BCUT2D eigenvalue weighted by Crippen LogP contribution is -2.56. The molecule has 1 heterocycles. The molecule has 1 fully saturated rings. The average molecular weight is 573 g/mol. The summed E-state index contributed by atoms with van der Waals surface area (Å²) in [5, 5.41) is 4.24. The molecule has 5 rings (SSSR count). The summed E-state index contributed by atoms with van der Waals surface area (Å²) in [5.74, 6) is -0.694. The van der Waals surface area contributed by atoms with Crippen LogP contribution in [0.15, 0.2) is 60.7 Å². The van der Waals surface area contributed by atoms with E-state index in [1.165, 1.54) is 0 Å². The molecular weight excluding hydrogens is 545 g/mol. The molecule has 6 nitrogen and oxygen atoms in total. The fraction of sp³-hybridized carbons (Fsp3) is 0.276. The zero-order valence-electron chi connectivity index (χ0n) is 20.9. The molecule has 1 amide bonds. The first-order chi connectivity index (χ1) is 17.9. The van der Waals surface area contributed by atoms with Crippen molar-refractivity contribution in [3.63, 3.8) is 0 Å². The van der Waals surface area contributed by atoms with Crippen molar-refractivity contribution < 1.29 is 14.4 Å². The largest absolute Gasteiger partial charge is 0.368 e. The monoisotopic (exact) mass is 571 g/mol. The lowest BCUT2D eigenvalue weighted by molar-refractivity contribution is 0.0824. The minimum Gasteiger partial charge on any atom is -0.368 e. The standard InChI is InChI=1S/C29H27Cl2N3O3.ClH/c1-2-6-25(34-15-13-33(14-16-34)24-10-5-9-23(30)26(24)31)32-29(37)18-11-12-21-22(17-18)28(36)20-8-4-3-7-19(20)27(21)35;/h3-5,7-12,17,25H,2,6,13-16H2,1H3,(H,32,37);1H. The van der Waals surface area contributed by atoms with Gasteiger partial charge in [-0.1, -0.05) is 66.9 Å². The molecule has 38 heavy (non-hydrogen) atoms. The van der Waals surface area contributed by atoms with Crippen molar-refractivity contribution in [1.29, 1.82) is 0 Å².